The molecule has 0 spiro atoms. The summed E-state index contributed by atoms with van der Waals surface area (Å²) in [5.41, 5.74) is 1.98. The second-order valence-electron chi connectivity index (χ2n) is 5.94. The van der Waals surface area contributed by atoms with Crippen LogP contribution in [0.4, 0.5) is 5.13 Å². The van der Waals surface area contributed by atoms with E-state index < -0.39 is 0 Å². The predicted molar refractivity (Wildman–Crippen MR) is 75.6 cm³/mol. The van der Waals surface area contributed by atoms with Gasteiger partial charge in [-0.1, -0.05) is 30.3 Å². The van der Waals surface area contributed by atoms with Crippen LogP contribution in [0, 0.1) is 5.41 Å². The van der Waals surface area contributed by atoms with E-state index in [9.17, 15) is 5.21 Å². The van der Waals surface area contributed by atoms with E-state index in [1.807, 2.05) is 0 Å². The zero-order chi connectivity index (χ0) is 13.5. The van der Waals surface area contributed by atoms with Crippen molar-refractivity contribution in [3.8, 4) is 0 Å². The maximum absolute atomic E-state index is 9.22. The number of morpholine rings is 1. The molecule has 1 saturated heterocycles. The Kier molecular flexibility index (Phi) is 3.22. The molecule has 19 heavy (non-hydrogen) atoms. The number of hydrogen-bond acceptors (Lipinski definition) is 6. The van der Waals surface area contributed by atoms with E-state index in [0.29, 0.717) is 0 Å². The van der Waals surface area contributed by atoms with Gasteiger partial charge in [-0.25, -0.2) is 4.98 Å². The molecule has 104 valence electrons. The molecule has 2 heterocycles. The SMILES string of the molecule is CC1(C)C/C(=N/O)c2sc(N3CCOCC3)nc2C1. The lowest BCUT2D eigenvalue weighted by Crippen LogP contribution is -2.36. The first kappa shape index (κ1) is 12.9. The molecular formula is C13H19N3O2S. The van der Waals surface area contributed by atoms with Crippen LogP contribution in [0.5, 0.6) is 0 Å². The number of anilines is 1. The van der Waals surface area contributed by atoms with Gasteiger partial charge in [-0.2, -0.15) is 0 Å². The topological polar surface area (TPSA) is 58.0 Å². The number of nitrogens with zero attached hydrogens (tertiary/aromatic N) is 3. The molecule has 0 radical (unpaired) electrons. The first-order valence-corrected chi connectivity index (χ1v) is 7.44. The highest BCUT2D eigenvalue weighted by molar-refractivity contribution is 7.17. The molecule has 0 saturated carbocycles. The van der Waals surface area contributed by atoms with Crippen LogP contribution in [-0.4, -0.2) is 42.2 Å². The van der Waals surface area contributed by atoms with E-state index in [1.165, 1.54) is 0 Å². The van der Waals surface area contributed by atoms with Crippen molar-refractivity contribution in [2.45, 2.75) is 26.7 Å². The highest BCUT2D eigenvalue weighted by atomic mass is 32.1. The minimum atomic E-state index is 0.116. The summed E-state index contributed by atoms with van der Waals surface area (Å²) in [6.45, 7) is 7.68. The Morgan fingerprint density at radius 1 is 1.32 bits per heavy atom. The summed E-state index contributed by atoms with van der Waals surface area (Å²) in [5.74, 6) is 0. The number of ether oxygens (including phenoxy) is 1. The molecule has 1 N–H and O–H groups in total. The lowest BCUT2D eigenvalue weighted by Gasteiger charge is -2.28. The van der Waals surface area contributed by atoms with Gasteiger partial charge < -0.3 is 14.8 Å². The molecule has 0 bridgehead atoms. The molecule has 3 rings (SSSR count). The van der Waals surface area contributed by atoms with Crippen molar-refractivity contribution in [2.75, 3.05) is 31.2 Å². The molecule has 0 amide bonds. The van der Waals surface area contributed by atoms with Crippen molar-refractivity contribution in [3.63, 3.8) is 0 Å². The van der Waals surface area contributed by atoms with Crippen LogP contribution >= 0.6 is 11.3 Å². The van der Waals surface area contributed by atoms with Gasteiger partial charge in [0, 0.05) is 13.1 Å². The third-order valence-corrected chi connectivity index (χ3v) is 4.85. The third kappa shape index (κ3) is 2.47. The summed E-state index contributed by atoms with van der Waals surface area (Å²) in [4.78, 5) is 8.08. The molecule has 6 heteroatoms. The molecule has 1 aliphatic carbocycles. The molecule has 2 aliphatic rings. The molecule has 0 aromatic carbocycles. The van der Waals surface area contributed by atoms with Crippen LogP contribution in [-0.2, 0) is 11.2 Å². The van der Waals surface area contributed by atoms with Crippen molar-refractivity contribution < 1.29 is 9.94 Å². The highest BCUT2D eigenvalue weighted by Crippen LogP contribution is 2.39. The van der Waals surface area contributed by atoms with Crippen LogP contribution in [0.3, 0.4) is 0 Å². The van der Waals surface area contributed by atoms with Gasteiger partial charge >= 0.3 is 0 Å². The number of oxime groups is 1. The van der Waals surface area contributed by atoms with E-state index in [2.05, 4.69) is 23.9 Å². The van der Waals surface area contributed by atoms with E-state index in [1.54, 1.807) is 11.3 Å². The summed E-state index contributed by atoms with van der Waals surface area (Å²) in [7, 11) is 0. The first-order chi connectivity index (χ1) is 9.09. The zero-order valence-corrected chi connectivity index (χ0v) is 12.2. The molecule has 1 aromatic rings. The largest absolute Gasteiger partial charge is 0.411 e. The fourth-order valence-corrected chi connectivity index (χ4v) is 3.82. The van der Waals surface area contributed by atoms with Gasteiger partial charge in [-0.05, 0) is 18.3 Å². The van der Waals surface area contributed by atoms with Crippen molar-refractivity contribution in [3.05, 3.63) is 10.6 Å². The Hall–Kier alpha value is -1.14. The third-order valence-electron chi connectivity index (χ3n) is 3.64. The fourth-order valence-electron chi connectivity index (χ4n) is 2.70. The zero-order valence-electron chi connectivity index (χ0n) is 11.3. The predicted octanol–water partition coefficient (Wildman–Crippen LogP) is 2.13. The number of fused-ring (bicyclic) bond motifs is 1. The lowest BCUT2D eigenvalue weighted by atomic mass is 9.78. The van der Waals surface area contributed by atoms with Crippen LogP contribution in [0.15, 0.2) is 5.16 Å². The Morgan fingerprint density at radius 2 is 2.05 bits per heavy atom. The lowest BCUT2D eigenvalue weighted by molar-refractivity contribution is 0.122. The number of rotatable bonds is 1. The Bertz CT molecular complexity index is 504. The normalized spacial score (nSPS) is 24.5. The van der Waals surface area contributed by atoms with Crippen LogP contribution in [0.2, 0.25) is 0 Å². The molecule has 1 aliphatic heterocycles. The van der Waals surface area contributed by atoms with Gasteiger partial charge in [0.25, 0.3) is 0 Å². The molecular weight excluding hydrogens is 262 g/mol. The first-order valence-electron chi connectivity index (χ1n) is 6.63. The quantitative estimate of drug-likeness (QED) is 0.633. The van der Waals surface area contributed by atoms with Crippen molar-refractivity contribution >= 4 is 22.2 Å². The number of aromatic nitrogens is 1. The minimum absolute atomic E-state index is 0.116. The summed E-state index contributed by atoms with van der Waals surface area (Å²) in [6.07, 6.45) is 1.75. The molecule has 1 fully saturated rings. The van der Waals surface area contributed by atoms with Crippen molar-refractivity contribution in [1.29, 1.82) is 0 Å². The average molecular weight is 281 g/mol. The standard InChI is InChI=1S/C13H19N3O2S/c1-13(2)7-9-11(10(8-13)15-17)19-12(14-9)16-3-5-18-6-4-16/h17H,3-8H2,1-2H3/b15-10-. The van der Waals surface area contributed by atoms with E-state index in [-0.39, 0.29) is 5.41 Å². The van der Waals surface area contributed by atoms with Crippen LogP contribution < -0.4 is 4.90 Å². The molecule has 1 aromatic heterocycles. The van der Waals surface area contributed by atoms with E-state index in [0.717, 1.165) is 60.6 Å². The van der Waals surface area contributed by atoms with Crippen LogP contribution in [0.25, 0.3) is 0 Å². The Labute approximate surface area is 116 Å². The summed E-state index contributed by atoms with van der Waals surface area (Å²) >= 11 is 1.64. The second kappa shape index (κ2) is 4.76. The van der Waals surface area contributed by atoms with Gasteiger partial charge in [-0.3, -0.25) is 0 Å². The van der Waals surface area contributed by atoms with Gasteiger partial charge in [0.15, 0.2) is 5.13 Å². The summed E-state index contributed by atoms with van der Waals surface area (Å²) < 4.78 is 5.37. The van der Waals surface area contributed by atoms with Gasteiger partial charge in [0.1, 0.15) is 0 Å². The Balaban J connectivity index is 1.93. The van der Waals surface area contributed by atoms with E-state index in [4.69, 9.17) is 9.72 Å². The fraction of sp³-hybridized carbons (Fsp3) is 0.692. The average Bonchev–Trinajstić information content (AvgIpc) is 2.81. The van der Waals surface area contributed by atoms with Crippen LogP contribution in [0.1, 0.15) is 30.8 Å². The number of hydrogen-bond donors (Lipinski definition) is 1. The smallest absolute Gasteiger partial charge is 0.186 e. The van der Waals surface area contributed by atoms with E-state index >= 15 is 0 Å². The second-order valence-corrected chi connectivity index (χ2v) is 6.91. The molecule has 0 atom stereocenters. The summed E-state index contributed by atoms with van der Waals surface area (Å²) in [6, 6.07) is 0. The minimum Gasteiger partial charge on any atom is -0.411 e. The summed E-state index contributed by atoms with van der Waals surface area (Å²) in [5, 5.41) is 13.7. The monoisotopic (exact) mass is 281 g/mol. The highest BCUT2D eigenvalue weighted by Gasteiger charge is 2.33. The maximum atomic E-state index is 9.22. The van der Waals surface area contributed by atoms with Crippen molar-refractivity contribution in [2.24, 2.45) is 10.6 Å². The molecule has 5 nitrogen and oxygen atoms in total. The number of thiazole rings is 1. The molecule has 0 unspecified atom stereocenters. The maximum Gasteiger partial charge on any atom is 0.186 e. The van der Waals surface area contributed by atoms with Gasteiger partial charge in [-0.15, -0.1) is 0 Å². The van der Waals surface area contributed by atoms with Gasteiger partial charge in [0.05, 0.1) is 29.5 Å². The Morgan fingerprint density at radius 3 is 2.74 bits per heavy atom. The van der Waals surface area contributed by atoms with Gasteiger partial charge in [0.2, 0.25) is 0 Å². The van der Waals surface area contributed by atoms with Crippen molar-refractivity contribution in [1.82, 2.24) is 4.98 Å².